The number of aryl methyl sites for hydroxylation is 1. The molecule has 0 saturated heterocycles. The monoisotopic (exact) mass is 321 g/mol. The highest BCUT2D eigenvalue weighted by molar-refractivity contribution is 6.04. The van der Waals surface area contributed by atoms with Crippen molar-refractivity contribution in [3.63, 3.8) is 0 Å². The molecule has 3 rings (SSSR count). The quantitative estimate of drug-likeness (QED) is 0.650. The molecule has 4 heteroatoms. The zero-order chi connectivity index (χ0) is 17.0. The van der Waals surface area contributed by atoms with E-state index in [9.17, 15) is 4.79 Å². The topological polar surface area (TPSA) is 67.5 Å². The third-order valence-corrected chi connectivity index (χ3v) is 4.24. The predicted molar refractivity (Wildman–Crippen MR) is 100 cm³/mol. The molecule has 0 aromatic heterocycles. The summed E-state index contributed by atoms with van der Waals surface area (Å²) in [4.78, 5) is 16.6. The lowest BCUT2D eigenvalue weighted by Crippen LogP contribution is -2.22. The van der Waals surface area contributed by atoms with Crippen LogP contribution in [-0.2, 0) is 10.2 Å². The Balaban J connectivity index is 0.00000225. The minimum Gasteiger partial charge on any atom is -0.384 e. The summed E-state index contributed by atoms with van der Waals surface area (Å²) >= 11 is 0. The Bertz CT molecular complexity index is 796. The van der Waals surface area contributed by atoms with E-state index in [1.54, 1.807) is 12.3 Å². The van der Waals surface area contributed by atoms with Gasteiger partial charge in [0.25, 0.3) is 5.91 Å². The standard InChI is InChI=1S/C20H21N3O.H2/c1-15-6-5-7-16(14-15)20(11-12-20)19(24)23-18(21)10-13-22-17-8-3-2-4-9-17;/h2-10,13-14,22H,11-12H2,1H3,(H2,21,23,24);1H/b13-10-;. The fourth-order valence-corrected chi connectivity index (χ4v) is 2.71. The molecule has 0 bridgehead atoms. The Morgan fingerprint density at radius 2 is 1.96 bits per heavy atom. The largest absolute Gasteiger partial charge is 0.384 e. The molecule has 1 saturated carbocycles. The number of nitrogens with two attached hydrogens (primary N) is 1. The molecule has 1 aliphatic carbocycles. The van der Waals surface area contributed by atoms with E-state index in [4.69, 9.17) is 5.73 Å². The molecule has 3 N–H and O–H groups in total. The van der Waals surface area contributed by atoms with Crippen molar-refractivity contribution >= 4 is 17.4 Å². The zero-order valence-corrected chi connectivity index (χ0v) is 13.7. The summed E-state index contributed by atoms with van der Waals surface area (Å²) in [5.74, 6) is 0.0531. The van der Waals surface area contributed by atoms with Crippen molar-refractivity contribution < 1.29 is 6.22 Å². The van der Waals surface area contributed by atoms with Gasteiger partial charge in [-0.05, 0) is 43.5 Å². The molecule has 4 nitrogen and oxygen atoms in total. The number of anilines is 1. The number of rotatable bonds is 5. The number of carbonyl (C=O) groups excluding carboxylic acids is 1. The molecule has 2 aromatic carbocycles. The van der Waals surface area contributed by atoms with Gasteiger partial charge < -0.3 is 11.1 Å². The van der Waals surface area contributed by atoms with E-state index in [1.165, 1.54) is 0 Å². The van der Waals surface area contributed by atoms with Gasteiger partial charge in [0.15, 0.2) is 0 Å². The molecule has 0 spiro atoms. The molecule has 0 atom stereocenters. The number of para-hydroxylation sites is 1. The highest BCUT2D eigenvalue weighted by atomic mass is 16.1. The van der Waals surface area contributed by atoms with Crippen molar-refractivity contribution in [3.05, 3.63) is 78.0 Å². The van der Waals surface area contributed by atoms with Crippen molar-refractivity contribution in [3.8, 4) is 0 Å². The number of amides is 1. The predicted octanol–water partition coefficient (Wildman–Crippen LogP) is 3.78. The lowest BCUT2D eigenvalue weighted by atomic mass is 9.94. The van der Waals surface area contributed by atoms with Crippen LogP contribution in [0.5, 0.6) is 0 Å². The second kappa shape index (κ2) is 6.71. The Kier molecular flexibility index (Phi) is 4.47. The molecule has 1 aliphatic rings. The van der Waals surface area contributed by atoms with Crippen LogP contribution in [0, 0.1) is 6.92 Å². The van der Waals surface area contributed by atoms with Gasteiger partial charge in [-0.3, -0.25) is 4.79 Å². The first-order valence-corrected chi connectivity index (χ1v) is 8.04. The second-order valence-corrected chi connectivity index (χ2v) is 6.14. The van der Waals surface area contributed by atoms with Gasteiger partial charge >= 0.3 is 0 Å². The van der Waals surface area contributed by atoms with Gasteiger partial charge in [0.2, 0.25) is 0 Å². The van der Waals surface area contributed by atoms with Gasteiger partial charge in [0, 0.05) is 13.3 Å². The maximum atomic E-state index is 12.6. The number of nitrogens with one attached hydrogen (secondary N) is 1. The maximum Gasteiger partial charge on any atom is 0.258 e. The van der Waals surface area contributed by atoms with Crippen molar-refractivity contribution in [1.82, 2.24) is 0 Å². The van der Waals surface area contributed by atoms with Crippen molar-refractivity contribution in [2.24, 2.45) is 10.7 Å². The summed E-state index contributed by atoms with van der Waals surface area (Å²) < 4.78 is 0. The van der Waals surface area contributed by atoms with Crippen LogP contribution in [0.25, 0.3) is 0 Å². The fourth-order valence-electron chi connectivity index (χ4n) is 2.71. The zero-order valence-electron chi connectivity index (χ0n) is 13.7. The number of benzene rings is 2. The first-order chi connectivity index (χ1) is 11.6. The van der Waals surface area contributed by atoms with Gasteiger partial charge in [-0.15, -0.1) is 0 Å². The molecule has 0 radical (unpaired) electrons. The van der Waals surface area contributed by atoms with E-state index in [2.05, 4.69) is 16.4 Å². The van der Waals surface area contributed by atoms with E-state index < -0.39 is 5.41 Å². The first-order valence-electron chi connectivity index (χ1n) is 8.04. The molecule has 1 amide bonds. The first kappa shape index (κ1) is 16.0. The molecular weight excluding hydrogens is 298 g/mol. The van der Waals surface area contributed by atoms with Gasteiger partial charge in [0.1, 0.15) is 5.84 Å². The highest BCUT2D eigenvalue weighted by Gasteiger charge is 2.51. The Hall–Kier alpha value is -2.88. The van der Waals surface area contributed by atoms with Crippen LogP contribution in [0.3, 0.4) is 0 Å². The van der Waals surface area contributed by atoms with Crippen LogP contribution in [-0.4, -0.2) is 11.7 Å². The number of carbonyl (C=O) groups is 1. The minimum atomic E-state index is -0.475. The Morgan fingerprint density at radius 1 is 1.21 bits per heavy atom. The summed E-state index contributed by atoms with van der Waals surface area (Å²) in [5.41, 5.74) is 8.54. The fraction of sp³-hybridized carbons (Fsp3) is 0.200. The molecule has 124 valence electrons. The molecule has 0 aliphatic heterocycles. The lowest BCUT2D eigenvalue weighted by Gasteiger charge is -2.12. The van der Waals surface area contributed by atoms with Gasteiger partial charge in [-0.25, -0.2) is 0 Å². The summed E-state index contributed by atoms with van der Waals surface area (Å²) in [5, 5.41) is 3.09. The molecule has 0 heterocycles. The lowest BCUT2D eigenvalue weighted by molar-refractivity contribution is -0.120. The number of hydrogen-bond acceptors (Lipinski definition) is 2. The van der Waals surface area contributed by atoms with Crippen molar-refractivity contribution in [1.29, 1.82) is 0 Å². The Labute approximate surface area is 143 Å². The van der Waals surface area contributed by atoms with Crippen LogP contribution >= 0.6 is 0 Å². The molecule has 0 unspecified atom stereocenters. The third kappa shape index (κ3) is 3.54. The summed E-state index contributed by atoms with van der Waals surface area (Å²) in [7, 11) is 0. The van der Waals surface area contributed by atoms with E-state index in [0.29, 0.717) is 0 Å². The van der Waals surface area contributed by atoms with E-state index in [0.717, 1.165) is 29.7 Å². The van der Waals surface area contributed by atoms with Gasteiger partial charge in [0.05, 0.1) is 5.41 Å². The molecule has 1 fully saturated rings. The third-order valence-electron chi connectivity index (χ3n) is 4.24. The van der Waals surface area contributed by atoms with Crippen LogP contribution in [0.15, 0.2) is 71.9 Å². The van der Waals surface area contributed by atoms with Crippen LogP contribution in [0.4, 0.5) is 5.69 Å². The van der Waals surface area contributed by atoms with E-state index >= 15 is 0 Å². The average Bonchev–Trinajstić information content (AvgIpc) is 3.38. The number of hydrogen-bond donors (Lipinski definition) is 2. The minimum absolute atomic E-state index is 0. The van der Waals surface area contributed by atoms with Crippen molar-refractivity contribution in [2.75, 3.05) is 5.32 Å². The maximum absolute atomic E-state index is 12.6. The summed E-state index contributed by atoms with van der Waals surface area (Å²) in [6.45, 7) is 2.03. The normalized spacial score (nSPS) is 16.1. The highest BCUT2D eigenvalue weighted by Crippen LogP contribution is 2.49. The summed E-state index contributed by atoms with van der Waals surface area (Å²) in [6, 6.07) is 17.8. The van der Waals surface area contributed by atoms with E-state index in [-0.39, 0.29) is 13.2 Å². The van der Waals surface area contributed by atoms with Gasteiger partial charge in [-0.1, -0.05) is 48.0 Å². The number of aliphatic imine (C=N–C) groups is 1. The second-order valence-electron chi connectivity index (χ2n) is 6.14. The smallest absolute Gasteiger partial charge is 0.258 e. The van der Waals surface area contributed by atoms with Crippen molar-refractivity contribution in [2.45, 2.75) is 25.2 Å². The van der Waals surface area contributed by atoms with E-state index in [1.807, 2.05) is 55.5 Å². The average molecular weight is 321 g/mol. The molecule has 24 heavy (non-hydrogen) atoms. The Morgan fingerprint density at radius 3 is 2.62 bits per heavy atom. The molecular formula is C20H23N3O. The van der Waals surface area contributed by atoms with Crippen LogP contribution in [0.1, 0.15) is 25.4 Å². The number of amidine groups is 1. The van der Waals surface area contributed by atoms with Crippen LogP contribution in [0.2, 0.25) is 0 Å². The number of nitrogens with zero attached hydrogens (tertiary/aromatic N) is 1. The SMILES string of the molecule is Cc1cccc(C2(C(=O)N=C(N)/C=C\Nc3ccccc3)CC2)c1.[HH]. The van der Waals surface area contributed by atoms with Crippen LogP contribution < -0.4 is 11.1 Å². The van der Waals surface area contributed by atoms with Gasteiger partial charge in [-0.2, -0.15) is 4.99 Å². The molecule has 2 aromatic rings. The summed E-state index contributed by atoms with van der Waals surface area (Å²) in [6.07, 6.45) is 4.96.